The third kappa shape index (κ3) is 2.45. The Balaban J connectivity index is 1.93. The molecule has 1 N–H and O–H groups in total. The highest BCUT2D eigenvalue weighted by molar-refractivity contribution is 6.07. The van der Waals surface area contributed by atoms with Gasteiger partial charge >= 0.3 is 6.03 Å². The number of carbonyl (C=O) groups is 2. The molecule has 1 aromatic heterocycles. The Kier molecular flexibility index (Phi) is 3.59. The number of nitrogens with one attached hydrogen (secondary N) is 1. The van der Waals surface area contributed by atoms with Crippen molar-refractivity contribution in [3.05, 3.63) is 47.4 Å². The smallest absolute Gasteiger partial charge is 0.325 e. The Morgan fingerprint density at radius 2 is 1.96 bits per heavy atom. The standard InChI is InChI=1S/C15H15FN4O3/c1-3-15(10-4-6-11(16)7-5-10)13(21)20(14(22)17-15)8-12-19-18-9(2)23-12/h4-7H,3,8H2,1-2H3,(H,17,22). The second-order valence-corrected chi connectivity index (χ2v) is 5.30. The first-order chi connectivity index (χ1) is 11.0. The number of urea groups is 1. The molecular weight excluding hydrogens is 303 g/mol. The highest BCUT2D eigenvalue weighted by Crippen LogP contribution is 2.33. The summed E-state index contributed by atoms with van der Waals surface area (Å²) in [5.41, 5.74) is -0.677. The highest BCUT2D eigenvalue weighted by atomic mass is 19.1. The Morgan fingerprint density at radius 1 is 1.26 bits per heavy atom. The molecule has 0 spiro atoms. The van der Waals surface area contributed by atoms with Crippen LogP contribution in [0.1, 0.15) is 30.7 Å². The summed E-state index contributed by atoms with van der Waals surface area (Å²) in [6, 6.07) is 4.97. The molecule has 1 aromatic carbocycles. The molecule has 2 heterocycles. The fourth-order valence-corrected chi connectivity index (χ4v) is 2.68. The van der Waals surface area contributed by atoms with Crippen molar-refractivity contribution >= 4 is 11.9 Å². The summed E-state index contributed by atoms with van der Waals surface area (Å²) in [4.78, 5) is 26.1. The Hall–Kier alpha value is -2.77. The molecule has 23 heavy (non-hydrogen) atoms. The first-order valence-corrected chi connectivity index (χ1v) is 7.15. The van der Waals surface area contributed by atoms with E-state index in [0.717, 1.165) is 4.90 Å². The number of hydrogen-bond acceptors (Lipinski definition) is 5. The van der Waals surface area contributed by atoms with Crippen LogP contribution in [0.5, 0.6) is 0 Å². The summed E-state index contributed by atoms with van der Waals surface area (Å²) in [6.45, 7) is 3.30. The summed E-state index contributed by atoms with van der Waals surface area (Å²) < 4.78 is 18.4. The molecule has 3 rings (SSSR count). The molecule has 3 amide bonds. The molecule has 1 aliphatic rings. The number of amides is 3. The maximum Gasteiger partial charge on any atom is 0.325 e. The summed E-state index contributed by atoms with van der Waals surface area (Å²) >= 11 is 0. The van der Waals surface area contributed by atoms with Crippen molar-refractivity contribution < 1.29 is 18.4 Å². The zero-order chi connectivity index (χ0) is 16.6. The maximum atomic E-state index is 13.1. The van der Waals surface area contributed by atoms with Gasteiger partial charge in [-0.15, -0.1) is 10.2 Å². The van der Waals surface area contributed by atoms with E-state index in [1.165, 1.54) is 24.3 Å². The fraction of sp³-hybridized carbons (Fsp3) is 0.333. The van der Waals surface area contributed by atoms with Gasteiger partial charge in [0.1, 0.15) is 17.9 Å². The molecule has 7 nitrogen and oxygen atoms in total. The normalized spacial score (nSPS) is 20.9. The van der Waals surface area contributed by atoms with Crippen molar-refractivity contribution in [2.24, 2.45) is 0 Å². The van der Waals surface area contributed by atoms with E-state index >= 15 is 0 Å². The predicted molar refractivity (Wildman–Crippen MR) is 76.5 cm³/mol. The molecule has 0 aliphatic carbocycles. The number of carbonyl (C=O) groups excluding carboxylic acids is 2. The van der Waals surface area contributed by atoms with Gasteiger partial charge in [0.25, 0.3) is 5.91 Å². The van der Waals surface area contributed by atoms with E-state index in [2.05, 4.69) is 15.5 Å². The molecule has 120 valence electrons. The van der Waals surface area contributed by atoms with Gasteiger partial charge in [0.05, 0.1) is 0 Å². The molecule has 0 bridgehead atoms. The minimum absolute atomic E-state index is 0.103. The molecule has 1 unspecified atom stereocenters. The Bertz CT molecular complexity index is 758. The number of halogens is 1. The maximum absolute atomic E-state index is 13.1. The second-order valence-electron chi connectivity index (χ2n) is 5.30. The minimum atomic E-state index is -1.21. The van der Waals surface area contributed by atoms with Gasteiger partial charge in [-0.2, -0.15) is 0 Å². The quantitative estimate of drug-likeness (QED) is 0.870. The van der Waals surface area contributed by atoms with Gasteiger partial charge in [-0.25, -0.2) is 9.18 Å². The van der Waals surface area contributed by atoms with Gasteiger partial charge in [0.15, 0.2) is 0 Å². The molecule has 8 heteroatoms. The van der Waals surface area contributed by atoms with Crippen molar-refractivity contribution in [1.82, 2.24) is 20.4 Å². The van der Waals surface area contributed by atoms with Gasteiger partial charge in [0.2, 0.25) is 11.8 Å². The lowest BCUT2D eigenvalue weighted by Crippen LogP contribution is -2.43. The zero-order valence-electron chi connectivity index (χ0n) is 12.7. The first-order valence-electron chi connectivity index (χ1n) is 7.15. The largest absolute Gasteiger partial charge is 0.424 e. The highest BCUT2D eigenvalue weighted by Gasteiger charge is 2.51. The van der Waals surface area contributed by atoms with Crippen LogP contribution in [0.25, 0.3) is 0 Å². The molecule has 1 fully saturated rings. The van der Waals surface area contributed by atoms with Gasteiger partial charge in [-0.3, -0.25) is 9.69 Å². The van der Waals surface area contributed by atoms with E-state index in [4.69, 9.17) is 4.42 Å². The van der Waals surface area contributed by atoms with Crippen LogP contribution in [0.2, 0.25) is 0 Å². The summed E-state index contributed by atoms with van der Waals surface area (Å²) in [6.07, 6.45) is 0.336. The molecule has 0 saturated carbocycles. The summed E-state index contributed by atoms with van der Waals surface area (Å²) in [5.74, 6) is -0.299. The lowest BCUT2D eigenvalue weighted by atomic mass is 9.87. The van der Waals surface area contributed by atoms with E-state index in [-0.39, 0.29) is 12.4 Å². The van der Waals surface area contributed by atoms with Crippen molar-refractivity contribution in [2.45, 2.75) is 32.4 Å². The number of aryl methyl sites for hydroxylation is 1. The van der Waals surface area contributed by atoms with Gasteiger partial charge in [0, 0.05) is 6.92 Å². The topological polar surface area (TPSA) is 88.3 Å². The SMILES string of the molecule is CCC1(c2ccc(F)cc2)NC(=O)N(Cc2nnc(C)o2)C1=O. The Morgan fingerprint density at radius 3 is 2.52 bits per heavy atom. The second kappa shape index (κ2) is 5.45. The van der Waals surface area contributed by atoms with E-state index < -0.39 is 23.3 Å². The molecular formula is C15H15FN4O3. The van der Waals surface area contributed by atoms with Gasteiger partial charge < -0.3 is 9.73 Å². The minimum Gasteiger partial charge on any atom is -0.424 e. The fourth-order valence-electron chi connectivity index (χ4n) is 2.68. The van der Waals surface area contributed by atoms with Gasteiger partial charge in [-0.05, 0) is 24.1 Å². The summed E-state index contributed by atoms with van der Waals surface area (Å²) in [7, 11) is 0. The Labute approximate surface area is 131 Å². The van der Waals surface area contributed by atoms with Crippen LogP contribution in [0.15, 0.2) is 28.7 Å². The lowest BCUT2D eigenvalue weighted by molar-refractivity contribution is -0.132. The number of nitrogens with zero attached hydrogens (tertiary/aromatic N) is 3. The number of benzene rings is 1. The van der Waals surface area contributed by atoms with E-state index in [0.29, 0.717) is 17.9 Å². The van der Waals surface area contributed by atoms with Crippen LogP contribution in [-0.4, -0.2) is 27.0 Å². The van der Waals surface area contributed by atoms with Crippen LogP contribution >= 0.6 is 0 Å². The third-order valence-corrected chi connectivity index (χ3v) is 3.90. The molecule has 2 aromatic rings. The predicted octanol–water partition coefficient (Wildman–Crippen LogP) is 1.87. The van der Waals surface area contributed by atoms with E-state index in [9.17, 15) is 14.0 Å². The molecule has 1 saturated heterocycles. The van der Waals surface area contributed by atoms with E-state index in [1.807, 2.05) is 0 Å². The number of hydrogen-bond donors (Lipinski definition) is 1. The summed E-state index contributed by atoms with van der Waals surface area (Å²) in [5, 5.41) is 10.2. The van der Waals surface area contributed by atoms with Gasteiger partial charge in [-0.1, -0.05) is 19.1 Å². The monoisotopic (exact) mass is 318 g/mol. The van der Waals surface area contributed by atoms with Crippen LogP contribution < -0.4 is 5.32 Å². The number of rotatable bonds is 4. The number of aromatic nitrogens is 2. The van der Waals surface area contributed by atoms with Crippen molar-refractivity contribution in [3.63, 3.8) is 0 Å². The first kappa shape index (κ1) is 15.1. The van der Waals surface area contributed by atoms with Crippen molar-refractivity contribution in [3.8, 4) is 0 Å². The van der Waals surface area contributed by atoms with Crippen molar-refractivity contribution in [2.75, 3.05) is 0 Å². The lowest BCUT2D eigenvalue weighted by Gasteiger charge is -2.25. The average Bonchev–Trinajstić information content (AvgIpc) is 3.05. The molecule has 0 radical (unpaired) electrons. The van der Waals surface area contributed by atoms with Crippen LogP contribution in [0.3, 0.4) is 0 Å². The van der Waals surface area contributed by atoms with Crippen LogP contribution in [-0.2, 0) is 16.9 Å². The molecule has 1 aliphatic heterocycles. The molecule has 1 atom stereocenters. The van der Waals surface area contributed by atoms with Crippen molar-refractivity contribution in [1.29, 1.82) is 0 Å². The zero-order valence-corrected chi connectivity index (χ0v) is 12.7. The van der Waals surface area contributed by atoms with E-state index in [1.54, 1.807) is 13.8 Å². The third-order valence-electron chi connectivity index (χ3n) is 3.90. The van der Waals surface area contributed by atoms with Crippen LogP contribution in [0, 0.1) is 12.7 Å². The average molecular weight is 318 g/mol. The van der Waals surface area contributed by atoms with Crippen LogP contribution in [0.4, 0.5) is 9.18 Å². The number of imide groups is 1.